The molecule has 0 bridgehead atoms. The molecule has 2 fully saturated rings. The Hall–Kier alpha value is -8.80. The molecule has 2 amide bonds. The average molecular weight is 1210 g/mol. The summed E-state index contributed by atoms with van der Waals surface area (Å²) in [6, 6.07) is 35.4. The molecule has 1 aliphatic heterocycles. The molecule has 6 aromatic carbocycles. The van der Waals surface area contributed by atoms with Crippen LogP contribution in [-0.4, -0.2) is 105 Å². The molecule has 9 aromatic rings. The van der Waals surface area contributed by atoms with Crippen LogP contribution in [0.4, 0.5) is 36.1 Å². The summed E-state index contributed by atoms with van der Waals surface area (Å²) in [4.78, 5) is 41.5. The number of carbonyl (C=O) groups is 2. The van der Waals surface area contributed by atoms with Crippen molar-refractivity contribution >= 4 is 77.9 Å². The number of morpholine rings is 1. The number of hydrogen-bond acceptors (Lipinski definition) is 16. The van der Waals surface area contributed by atoms with E-state index in [-0.39, 0.29) is 29.6 Å². The smallest absolute Gasteiger partial charge is 0.240 e. The molecule has 0 unspecified atom stereocenters. The van der Waals surface area contributed by atoms with E-state index < -0.39 is 38.7 Å². The molecule has 86 heavy (non-hydrogen) atoms. The number of fused-ring (bicyclic) bond motifs is 2. The van der Waals surface area contributed by atoms with Gasteiger partial charge in [0, 0.05) is 84.2 Å². The highest BCUT2D eigenvalue weighted by Crippen LogP contribution is 2.48. The fourth-order valence-electron chi connectivity index (χ4n) is 9.31. The molecule has 0 atom stereocenters. The Morgan fingerprint density at radius 2 is 1.49 bits per heavy atom. The molecule has 0 spiro atoms. The number of anilines is 4. The lowest BCUT2D eigenvalue weighted by Crippen LogP contribution is -2.37. The zero-order valence-electron chi connectivity index (χ0n) is 46.8. The second-order valence-corrected chi connectivity index (χ2v) is 23.1. The highest BCUT2D eigenvalue weighted by Gasteiger charge is 2.56. The van der Waals surface area contributed by atoms with Crippen molar-refractivity contribution in [3.8, 4) is 40.1 Å². The lowest BCUT2D eigenvalue weighted by atomic mass is 10.0. The fraction of sp³-hybridized carbons (Fsp3) is 0.254. The van der Waals surface area contributed by atoms with Gasteiger partial charge in [-0.2, -0.15) is 0 Å². The molecule has 11 rings (SSSR count). The summed E-state index contributed by atoms with van der Waals surface area (Å²) < 4.78 is 99.2. The first-order valence-corrected chi connectivity index (χ1v) is 29.9. The van der Waals surface area contributed by atoms with Crippen molar-refractivity contribution in [2.24, 2.45) is 5.41 Å². The number of aromatic nitrogens is 3. The minimum Gasteiger partial charge on any atom is -0.493 e. The van der Waals surface area contributed by atoms with E-state index in [1.54, 1.807) is 55.8 Å². The van der Waals surface area contributed by atoms with Gasteiger partial charge in [-0.25, -0.2) is 31.6 Å². The highest BCUT2D eigenvalue weighted by atomic mass is 35.5. The maximum absolute atomic E-state index is 15.2. The quantitative estimate of drug-likeness (QED) is 0.0346. The third kappa shape index (κ3) is 15.7. The van der Waals surface area contributed by atoms with Crippen LogP contribution in [0.2, 0.25) is 5.02 Å². The molecule has 1 saturated heterocycles. The summed E-state index contributed by atoms with van der Waals surface area (Å²) in [5, 5.41) is 13.4. The van der Waals surface area contributed by atoms with Crippen LogP contribution in [0, 0.1) is 22.9 Å². The summed E-state index contributed by atoms with van der Waals surface area (Å²) in [6.07, 6.45) is 5.78. The van der Waals surface area contributed by atoms with E-state index in [4.69, 9.17) is 39.7 Å². The maximum atomic E-state index is 15.2. The second kappa shape index (κ2) is 27.5. The van der Waals surface area contributed by atoms with Gasteiger partial charge >= 0.3 is 0 Å². The third-order valence-corrected chi connectivity index (χ3v) is 15.3. The minimum atomic E-state index is -3.02. The van der Waals surface area contributed by atoms with Crippen LogP contribution in [0.3, 0.4) is 0 Å². The largest absolute Gasteiger partial charge is 0.493 e. The van der Waals surface area contributed by atoms with Gasteiger partial charge in [0.1, 0.15) is 68.7 Å². The number of amides is 2. The third-order valence-electron chi connectivity index (χ3n) is 14.1. The van der Waals surface area contributed by atoms with Gasteiger partial charge in [-0.3, -0.25) is 19.5 Å². The van der Waals surface area contributed by atoms with Gasteiger partial charge in [0.05, 0.1) is 55.3 Å². The van der Waals surface area contributed by atoms with Crippen LogP contribution in [0.25, 0.3) is 33.1 Å². The normalized spacial score (nSPS) is 13.7. The van der Waals surface area contributed by atoms with E-state index in [2.05, 4.69) is 41.1 Å². The predicted octanol–water partition coefficient (Wildman–Crippen LogP) is 11.9. The molecular weight excluding hydrogens is 1150 g/mol. The first kappa shape index (κ1) is 60.3. The number of benzene rings is 6. The first-order chi connectivity index (χ1) is 41.6. The number of hydrogen-bond donors (Lipinski definition) is 4. The van der Waals surface area contributed by atoms with Gasteiger partial charge in [-0.05, 0) is 134 Å². The Bertz CT molecular complexity index is 4000. The van der Waals surface area contributed by atoms with Crippen molar-refractivity contribution in [1.29, 1.82) is 0 Å². The van der Waals surface area contributed by atoms with E-state index in [9.17, 15) is 26.8 Å². The number of nitrogens with one attached hydrogen (secondary N) is 4. The molecule has 23 heteroatoms. The van der Waals surface area contributed by atoms with Gasteiger partial charge in [0.25, 0.3) is 0 Å². The second-order valence-electron chi connectivity index (χ2n) is 20.4. The summed E-state index contributed by atoms with van der Waals surface area (Å²) in [7, 11) is -1.47. The van der Waals surface area contributed by atoms with Crippen molar-refractivity contribution in [1.82, 2.24) is 25.2 Å². The number of carbonyl (C=O) groups excluding carboxylic acids is 2. The molecule has 0 radical (unpaired) electrons. The Morgan fingerprint density at radius 3 is 2.23 bits per heavy atom. The van der Waals surface area contributed by atoms with Crippen molar-refractivity contribution in [2.45, 2.75) is 32.4 Å². The molecule has 4 N–H and O–H groups in total. The Balaban J connectivity index is 0.000000193. The monoisotopic (exact) mass is 1210 g/mol. The number of pyridine rings is 1. The van der Waals surface area contributed by atoms with Crippen molar-refractivity contribution in [3.05, 3.63) is 180 Å². The number of halogens is 4. The lowest BCUT2D eigenvalue weighted by molar-refractivity contribution is -0.131. The number of sulfone groups is 1. The topological polar surface area (TPSA) is 218 Å². The number of methoxy groups -OCH3 is 1. The van der Waals surface area contributed by atoms with E-state index in [0.717, 1.165) is 61.8 Å². The predicted molar refractivity (Wildman–Crippen MR) is 322 cm³/mol. The Labute approximate surface area is 498 Å². The van der Waals surface area contributed by atoms with Crippen molar-refractivity contribution in [3.63, 3.8) is 0 Å². The number of nitrogens with zero attached hydrogens (tertiary/aromatic N) is 4. The molecule has 4 heterocycles. The Kier molecular flexibility index (Phi) is 19.3. The zero-order chi connectivity index (χ0) is 60.2. The molecule has 3 aromatic heterocycles. The molecular formula is C63H60ClF3N8O10S. The molecule has 1 saturated carbocycles. The SMILES string of the molecule is COc1cc2c(Oc3ccc(NC(=O)C4(C(=O)Nc5ccc(F)cc5)CC4)cc3F)ccnc2cc1OCCCN1CCOCC1.CS(=O)(=O)CCNCc1ccc(-c2ccc3ncnc(Nc4ccc(OCc5cccc(F)c5)c(Cl)c4)c3c2)o1. The number of rotatable bonds is 23. The van der Waals surface area contributed by atoms with E-state index in [0.29, 0.717) is 106 Å². The summed E-state index contributed by atoms with van der Waals surface area (Å²) in [5.74, 6) is 1.30. The lowest BCUT2D eigenvalue weighted by Gasteiger charge is -2.26. The highest BCUT2D eigenvalue weighted by molar-refractivity contribution is 7.90. The minimum absolute atomic E-state index is 0.0664. The van der Waals surface area contributed by atoms with Crippen LogP contribution >= 0.6 is 11.6 Å². The van der Waals surface area contributed by atoms with Crippen molar-refractivity contribution in [2.75, 3.05) is 81.1 Å². The first-order valence-electron chi connectivity index (χ1n) is 27.5. The fourth-order valence-corrected chi connectivity index (χ4v) is 10.1. The van der Waals surface area contributed by atoms with Crippen LogP contribution in [0.1, 0.15) is 30.6 Å². The number of ether oxygens (including phenoxy) is 5. The summed E-state index contributed by atoms with van der Waals surface area (Å²) in [5.41, 5.74) is 2.85. The van der Waals surface area contributed by atoms with E-state index >= 15 is 4.39 Å². The molecule has 18 nitrogen and oxygen atoms in total. The van der Waals surface area contributed by atoms with Crippen molar-refractivity contribution < 1.29 is 59.3 Å². The van der Waals surface area contributed by atoms with Crippen LogP contribution in [0.5, 0.6) is 28.7 Å². The maximum Gasteiger partial charge on any atom is 0.240 e. The van der Waals surface area contributed by atoms with E-state index in [1.807, 2.05) is 36.4 Å². The standard InChI is InChI=1S/C34H34F2N4O6.C29H26ClFN4O4S/c1-43-30-20-25-27(21-31(30)45-16-2-13-40-14-17-44-18-15-40)37-12-9-28(25)46-29-8-7-24(19-26(29)36)39-33(42)34(10-11-34)32(41)38-23-5-3-22(35)4-6-23;1-40(36,37)12-11-32-16-23-7-10-27(39-23)20-5-8-26-24(14-20)29(34-18-33-26)35-22-6-9-28(25(30)15-22)38-17-19-3-2-4-21(31)13-19/h3-9,12,19-21H,2,10-11,13-18H2,1H3,(H,38,41)(H,39,42);2-10,13-15,18,32H,11-12,16-17H2,1H3,(H,33,34,35). The van der Waals surface area contributed by atoms with E-state index in [1.165, 1.54) is 61.1 Å². The van der Waals surface area contributed by atoms with Gasteiger partial charge in [0.15, 0.2) is 23.1 Å². The zero-order valence-corrected chi connectivity index (χ0v) is 48.4. The van der Waals surface area contributed by atoms with Crippen LogP contribution in [0.15, 0.2) is 150 Å². The summed E-state index contributed by atoms with van der Waals surface area (Å²) in [6.45, 7) is 5.72. The molecule has 446 valence electrons. The Morgan fingerprint density at radius 1 is 0.721 bits per heavy atom. The van der Waals surface area contributed by atoms with Crippen LogP contribution in [-0.2, 0) is 37.3 Å². The van der Waals surface area contributed by atoms with Gasteiger partial charge < -0.3 is 49.4 Å². The number of furan rings is 1. The molecule has 2 aliphatic rings. The molecule has 1 aliphatic carbocycles. The average Bonchev–Trinajstić information content (AvgIpc) is 2.51. The van der Waals surface area contributed by atoms with Gasteiger partial charge in [-0.1, -0.05) is 23.7 Å². The van der Waals surface area contributed by atoms with Gasteiger partial charge in [-0.15, -0.1) is 0 Å². The summed E-state index contributed by atoms with van der Waals surface area (Å²) >= 11 is 6.47. The van der Waals surface area contributed by atoms with Gasteiger partial charge in [0.2, 0.25) is 11.8 Å². The van der Waals surface area contributed by atoms with Crippen LogP contribution < -0.4 is 40.2 Å².